The van der Waals surface area contributed by atoms with E-state index < -0.39 is 0 Å². The zero-order chi connectivity index (χ0) is 12.7. The van der Waals surface area contributed by atoms with Gasteiger partial charge < -0.3 is 10.2 Å². The molecule has 2 saturated heterocycles. The lowest BCUT2D eigenvalue weighted by Gasteiger charge is -2.24. The van der Waals surface area contributed by atoms with Crippen LogP contribution < -0.4 is 5.32 Å². The number of carbonyl (C=O) groups is 1. The van der Waals surface area contributed by atoms with Crippen LogP contribution in [0.4, 0.5) is 0 Å². The van der Waals surface area contributed by atoms with Crippen molar-refractivity contribution in [1.29, 1.82) is 0 Å². The Morgan fingerprint density at radius 1 is 1.33 bits per heavy atom. The number of carbonyl (C=O) groups excluding carboxylic acids is 1. The highest BCUT2D eigenvalue weighted by Crippen LogP contribution is 2.33. The smallest absolute Gasteiger partial charge is 0.254 e. The van der Waals surface area contributed by atoms with Crippen LogP contribution >= 0.6 is 11.6 Å². The van der Waals surface area contributed by atoms with Crippen LogP contribution in [0, 0.1) is 11.8 Å². The van der Waals surface area contributed by atoms with Crippen molar-refractivity contribution in [3.8, 4) is 0 Å². The van der Waals surface area contributed by atoms with E-state index in [0.717, 1.165) is 25.2 Å². The van der Waals surface area contributed by atoms with E-state index in [9.17, 15) is 4.79 Å². The maximum absolute atomic E-state index is 12.5. The van der Waals surface area contributed by atoms with Gasteiger partial charge in [0.1, 0.15) is 0 Å². The second-order valence-electron chi connectivity index (χ2n) is 5.29. The zero-order valence-electron chi connectivity index (χ0n) is 10.4. The standard InChI is InChI=1S/C14H17ClN2O/c1-9-13-7-16-6-11(13)8-17(9)14(18)10-2-4-12(15)5-3-10/h2-5,9,11,13,16H,6-8H2,1H3. The number of hydrogen-bond donors (Lipinski definition) is 1. The predicted molar refractivity (Wildman–Crippen MR) is 71.8 cm³/mol. The van der Waals surface area contributed by atoms with Gasteiger partial charge in [-0.25, -0.2) is 0 Å². The van der Waals surface area contributed by atoms with Crippen molar-refractivity contribution in [3.05, 3.63) is 34.9 Å². The number of rotatable bonds is 1. The van der Waals surface area contributed by atoms with Crippen molar-refractivity contribution < 1.29 is 4.79 Å². The Labute approximate surface area is 112 Å². The third-order valence-electron chi connectivity index (χ3n) is 4.29. The Hall–Kier alpha value is -1.06. The predicted octanol–water partition coefficient (Wildman–Crippen LogP) is 2.02. The molecule has 1 aromatic rings. The Morgan fingerprint density at radius 2 is 2.06 bits per heavy atom. The monoisotopic (exact) mass is 264 g/mol. The molecule has 3 rings (SSSR count). The molecule has 0 aromatic heterocycles. The van der Waals surface area contributed by atoms with Crippen molar-refractivity contribution in [2.75, 3.05) is 19.6 Å². The van der Waals surface area contributed by atoms with Crippen LogP contribution in [-0.4, -0.2) is 36.5 Å². The second-order valence-corrected chi connectivity index (χ2v) is 5.72. The molecular weight excluding hydrogens is 248 g/mol. The molecule has 1 N–H and O–H groups in total. The fourth-order valence-electron chi connectivity index (χ4n) is 3.19. The molecule has 4 heteroatoms. The molecule has 1 amide bonds. The molecular formula is C14H17ClN2O. The summed E-state index contributed by atoms with van der Waals surface area (Å²) in [7, 11) is 0. The summed E-state index contributed by atoms with van der Waals surface area (Å²) in [6.45, 7) is 5.11. The van der Waals surface area contributed by atoms with Crippen LogP contribution in [0.15, 0.2) is 24.3 Å². The summed E-state index contributed by atoms with van der Waals surface area (Å²) in [5.74, 6) is 1.37. The first-order chi connectivity index (χ1) is 8.66. The van der Waals surface area contributed by atoms with Gasteiger partial charge in [0.05, 0.1) is 0 Å². The number of nitrogens with zero attached hydrogens (tertiary/aromatic N) is 1. The molecule has 3 nitrogen and oxygen atoms in total. The number of benzene rings is 1. The van der Waals surface area contributed by atoms with Gasteiger partial charge in [0.15, 0.2) is 0 Å². The van der Waals surface area contributed by atoms with Crippen LogP contribution in [0.3, 0.4) is 0 Å². The van der Waals surface area contributed by atoms with Crippen molar-refractivity contribution in [2.45, 2.75) is 13.0 Å². The lowest BCUT2D eigenvalue weighted by atomic mass is 9.95. The van der Waals surface area contributed by atoms with Gasteiger partial charge in [-0.15, -0.1) is 0 Å². The molecule has 18 heavy (non-hydrogen) atoms. The second kappa shape index (κ2) is 4.56. The number of amides is 1. The minimum Gasteiger partial charge on any atom is -0.335 e. The molecule has 2 fully saturated rings. The molecule has 0 saturated carbocycles. The van der Waals surface area contributed by atoms with E-state index in [2.05, 4.69) is 12.2 Å². The minimum atomic E-state index is 0.133. The Kier molecular flexibility index (Phi) is 3.04. The topological polar surface area (TPSA) is 32.3 Å². The van der Waals surface area contributed by atoms with E-state index >= 15 is 0 Å². The molecule has 0 radical (unpaired) electrons. The van der Waals surface area contributed by atoms with E-state index in [1.807, 2.05) is 17.0 Å². The normalized spacial score (nSPS) is 30.6. The van der Waals surface area contributed by atoms with Gasteiger partial charge >= 0.3 is 0 Å². The van der Waals surface area contributed by atoms with Crippen molar-refractivity contribution >= 4 is 17.5 Å². The summed E-state index contributed by atoms with van der Waals surface area (Å²) in [6.07, 6.45) is 0. The summed E-state index contributed by atoms with van der Waals surface area (Å²) >= 11 is 5.85. The summed E-state index contributed by atoms with van der Waals surface area (Å²) < 4.78 is 0. The first-order valence-electron chi connectivity index (χ1n) is 6.44. The molecule has 96 valence electrons. The number of fused-ring (bicyclic) bond motifs is 1. The largest absolute Gasteiger partial charge is 0.335 e. The molecule has 0 bridgehead atoms. The van der Waals surface area contributed by atoms with Gasteiger partial charge in [0, 0.05) is 36.3 Å². The SMILES string of the molecule is CC1C2CNCC2CN1C(=O)c1ccc(Cl)cc1. The molecule has 3 unspecified atom stereocenters. The van der Waals surface area contributed by atoms with Crippen molar-refractivity contribution in [2.24, 2.45) is 11.8 Å². The van der Waals surface area contributed by atoms with Gasteiger partial charge in [-0.05, 0) is 43.0 Å². The molecule has 1 aromatic carbocycles. The van der Waals surface area contributed by atoms with Gasteiger partial charge in [0.2, 0.25) is 0 Å². The van der Waals surface area contributed by atoms with E-state index in [1.54, 1.807) is 12.1 Å². The quantitative estimate of drug-likeness (QED) is 0.842. The third-order valence-corrected chi connectivity index (χ3v) is 4.54. The maximum Gasteiger partial charge on any atom is 0.254 e. The first kappa shape index (κ1) is 12.0. The molecule has 2 aliphatic rings. The van der Waals surface area contributed by atoms with Crippen molar-refractivity contribution in [3.63, 3.8) is 0 Å². The summed E-state index contributed by atoms with van der Waals surface area (Å²) in [4.78, 5) is 14.5. The highest BCUT2D eigenvalue weighted by atomic mass is 35.5. The van der Waals surface area contributed by atoms with Crippen LogP contribution in [0.2, 0.25) is 5.02 Å². The van der Waals surface area contributed by atoms with Gasteiger partial charge in [-0.1, -0.05) is 11.6 Å². The first-order valence-corrected chi connectivity index (χ1v) is 6.82. The maximum atomic E-state index is 12.5. The summed E-state index contributed by atoms with van der Waals surface area (Å²) in [5, 5.41) is 4.07. The molecule has 2 heterocycles. The average molecular weight is 265 g/mol. The van der Waals surface area contributed by atoms with E-state index in [-0.39, 0.29) is 5.91 Å². The lowest BCUT2D eigenvalue weighted by Crippen LogP contribution is -2.38. The van der Waals surface area contributed by atoms with E-state index in [0.29, 0.717) is 22.9 Å². The molecule has 0 spiro atoms. The minimum absolute atomic E-state index is 0.133. The Bertz CT molecular complexity index is 459. The number of halogens is 1. The molecule has 3 atom stereocenters. The number of nitrogens with one attached hydrogen (secondary N) is 1. The number of likely N-dealkylation sites (tertiary alicyclic amines) is 1. The summed E-state index contributed by atoms with van der Waals surface area (Å²) in [6, 6.07) is 7.50. The van der Waals surface area contributed by atoms with Gasteiger partial charge in [-0.2, -0.15) is 0 Å². The molecule has 2 aliphatic heterocycles. The van der Waals surface area contributed by atoms with Crippen LogP contribution in [-0.2, 0) is 0 Å². The summed E-state index contributed by atoms with van der Waals surface area (Å²) in [5.41, 5.74) is 0.735. The average Bonchev–Trinajstić information content (AvgIpc) is 2.93. The van der Waals surface area contributed by atoms with Crippen LogP contribution in [0.25, 0.3) is 0 Å². The fourth-order valence-corrected chi connectivity index (χ4v) is 3.32. The van der Waals surface area contributed by atoms with E-state index in [1.165, 1.54) is 0 Å². The zero-order valence-corrected chi connectivity index (χ0v) is 11.2. The van der Waals surface area contributed by atoms with Crippen molar-refractivity contribution in [1.82, 2.24) is 10.2 Å². The lowest BCUT2D eigenvalue weighted by molar-refractivity contribution is 0.0728. The Morgan fingerprint density at radius 3 is 2.72 bits per heavy atom. The fraction of sp³-hybridized carbons (Fsp3) is 0.500. The van der Waals surface area contributed by atoms with Crippen LogP contribution in [0.5, 0.6) is 0 Å². The van der Waals surface area contributed by atoms with E-state index in [4.69, 9.17) is 11.6 Å². The third kappa shape index (κ3) is 1.91. The Balaban J connectivity index is 1.79. The van der Waals surface area contributed by atoms with Gasteiger partial charge in [-0.3, -0.25) is 4.79 Å². The highest BCUT2D eigenvalue weighted by molar-refractivity contribution is 6.30. The number of hydrogen-bond acceptors (Lipinski definition) is 2. The molecule has 0 aliphatic carbocycles. The van der Waals surface area contributed by atoms with Crippen LogP contribution in [0.1, 0.15) is 17.3 Å². The van der Waals surface area contributed by atoms with Gasteiger partial charge in [0.25, 0.3) is 5.91 Å². The highest BCUT2D eigenvalue weighted by Gasteiger charge is 2.43.